The first-order valence-corrected chi connectivity index (χ1v) is 4.12. The summed E-state index contributed by atoms with van der Waals surface area (Å²) in [6.07, 6.45) is 1.18. The van der Waals surface area contributed by atoms with Gasteiger partial charge in [0.2, 0.25) is 0 Å². The van der Waals surface area contributed by atoms with Crippen molar-refractivity contribution in [1.82, 2.24) is 4.98 Å². The first-order chi connectivity index (χ1) is 7.36. The van der Waals surface area contributed by atoms with Crippen molar-refractivity contribution in [2.45, 2.75) is 12.8 Å². The van der Waals surface area contributed by atoms with E-state index in [9.17, 15) is 8.78 Å². The highest BCUT2D eigenvalue weighted by Crippen LogP contribution is 2.29. The molecular weight excluding hydrogens is 222 g/mol. The zero-order chi connectivity index (χ0) is 12.8. The lowest BCUT2D eigenvalue weighted by Gasteiger charge is -2.11. The van der Waals surface area contributed by atoms with Gasteiger partial charge in [0.15, 0.2) is 5.75 Å². The average molecular weight is 234 g/mol. The fourth-order valence-corrected chi connectivity index (χ4v) is 0.869. The van der Waals surface area contributed by atoms with Gasteiger partial charge >= 0.3 is 0 Å². The predicted octanol–water partition coefficient (Wildman–Crippen LogP) is 1.48. The maximum Gasteiger partial charge on any atom is 0.290 e. The Morgan fingerprint density at radius 2 is 2.12 bits per heavy atom. The molecular formula is C9H12F2N2O3. The first-order valence-electron chi connectivity index (χ1n) is 4.12. The Hall–Kier alpha value is -1.92. The molecule has 16 heavy (non-hydrogen) atoms. The van der Waals surface area contributed by atoms with Crippen molar-refractivity contribution in [3.63, 3.8) is 0 Å². The zero-order valence-electron chi connectivity index (χ0n) is 8.78. The molecule has 0 spiro atoms. The molecule has 3 N–H and O–H groups in total. The molecule has 0 aromatic carbocycles. The molecule has 1 aromatic rings. The number of pyridine rings is 1. The van der Waals surface area contributed by atoms with E-state index in [2.05, 4.69) is 4.98 Å². The summed E-state index contributed by atoms with van der Waals surface area (Å²) < 4.78 is 30.2. The van der Waals surface area contributed by atoms with Crippen molar-refractivity contribution < 1.29 is 23.4 Å². The molecule has 7 heteroatoms. The number of alkyl halides is 2. The Labute approximate surface area is 90.9 Å². The van der Waals surface area contributed by atoms with E-state index >= 15 is 0 Å². The van der Waals surface area contributed by atoms with E-state index in [0.29, 0.717) is 5.75 Å². The van der Waals surface area contributed by atoms with E-state index in [1.807, 2.05) is 0 Å². The van der Waals surface area contributed by atoms with Crippen molar-refractivity contribution in [1.29, 1.82) is 0 Å². The molecule has 0 aliphatic rings. The van der Waals surface area contributed by atoms with E-state index < -0.39 is 5.92 Å². The molecule has 1 aromatic heterocycles. The molecule has 1 heterocycles. The maximum atomic E-state index is 12.7. The predicted molar refractivity (Wildman–Crippen MR) is 53.5 cm³/mol. The lowest BCUT2D eigenvalue weighted by molar-refractivity contribution is -0.122. The number of nitrogens with two attached hydrogens (primary N) is 1. The van der Waals surface area contributed by atoms with Crippen LogP contribution in [0.4, 0.5) is 14.5 Å². The number of nitrogen functional groups attached to an aromatic ring is 1. The summed E-state index contributed by atoms with van der Waals surface area (Å²) in [5, 5.41) is 6.89. The van der Waals surface area contributed by atoms with Gasteiger partial charge in [-0.25, -0.2) is 0 Å². The van der Waals surface area contributed by atoms with Crippen LogP contribution in [0.1, 0.15) is 12.6 Å². The number of halogens is 2. The molecule has 0 aliphatic carbocycles. The fraction of sp³-hybridized carbons (Fsp3) is 0.333. The summed E-state index contributed by atoms with van der Waals surface area (Å²) in [7, 11) is 1.40. The molecule has 0 atom stereocenters. The second kappa shape index (κ2) is 5.84. The van der Waals surface area contributed by atoms with Gasteiger partial charge in [0.05, 0.1) is 19.0 Å². The molecule has 0 bridgehead atoms. The number of rotatable bonds is 2. The highest BCUT2D eigenvalue weighted by atomic mass is 19.3. The number of ether oxygens (including phenoxy) is 1. The van der Waals surface area contributed by atoms with Gasteiger partial charge in [-0.3, -0.25) is 9.78 Å². The minimum absolute atomic E-state index is 0.161. The molecule has 0 saturated heterocycles. The summed E-state index contributed by atoms with van der Waals surface area (Å²) in [6, 6.07) is 1.11. The van der Waals surface area contributed by atoms with E-state index in [-0.39, 0.29) is 17.9 Å². The molecule has 0 radical (unpaired) electrons. The Kier molecular flexibility index (Phi) is 5.14. The normalized spacial score (nSPS) is 10.0. The van der Waals surface area contributed by atoms with Crippen molar-refractivity contribution in [2.24, 2.45) is 0 Å². The molecule has 0 aliphatic heterocycles. The minimum Gasteiger partial charge on any atom is -0.493 e. The molecule has 0 unspecified atom stereocenters. The smallest absolute Gasteiger partial charge is 0.290 e. The van der Waals surface area contributed by atoms with Crippen LogP contribution in [-0.4, -0.2) is 23.7 Å². The number of hydrogen-bond donors (Lipinski definition) is 2. The molecule has 90 valence electrons. The third kappa shape index (κ3) is 4.07. The summed E-state index contributed by atoms with van der Waals surface area (Å²) in [5.74, 6) is -2.67. The zero-order valence-corrected chi connectivity index (χ0v) is 8.78. The van der Waals surface area contributed by atoms with Gasteiger partial charge in [0.25, 0.3) is 12.4 Å². The quantitative estimate of drug-likeness (QED) is 0.757. The largest absolute Gasteiger partial charge is 0.493 e. The van der Waals surface area contributed by atoms with E-state index in [1.165, 1.54) is 13.3 Å². The number of methoxy groups -OCH3 is 1. The standard InChI is InChI=1S/C8H10F2N2O.CH2O2/c1-8(9,10)7-3-5(11)6(13-2)4-12-7;2-1-3/h3-4H,1-2H3,(H2,11,12);1H,(H,2,3). The van der Waals surface area contributed by atoms with E-state index in [0.717, 1.165) is 13.0 Å². The van der Waals surface area contributed by atoms with Gasteiger partial charge in [0, 0.05) is 6.92 Å². The number of aromatic nitrogens is 1. The van der Waals surface area contributed by atoms with Crippen LogP contribution in [0.2, 0.25) is 0 Å². The monoisotopic (exact) mass is 234 g/mol. The van der Waals surface area contributed by atoms with Crippen LogP contribution in [0, 0.1) is 0 Å². The molecule has 0 amide bonds. The van der Waals surface area contributed by atoms with Gasteiger partial charge in [-0.15, -0.1) is 0 Å². The first kappa shape index (κ1) is 14.1. The van der Waals surface area contributed by atoms with Gasteiger partial charge in [-0.2, -0.15) is 8.78 Å². The van der Waals surface area contributed by atoms with E-state index in [4.69, 9.17) is 20.4 Å². The second-order valence-corrected chi connectivity index (χ2v) is 2.81. The number of nitrogens with zero attached hydrogens (tertiary/aromatic N) is 1. The second-order valence-electron chi connectivity index (χ2n) is 2.81. The third-order valence-electron chi connectivity index (χ3n) is 1.57. The van der Waals surface area contributed by atoms with Crippen molar-refractivity contribution in [2.75, 3.05) is 12.8 Å². The fourth-order valence-electron chi connectivity index (χ4n) is 0.869. The highest BCUT2D eigenvalue weighted by molar-refractivity contribution is 5.52. The Bertz CT molecular complexity index is 353. The minimum atomic E-state index is -2.97. The SMILES string of the molecule is COc1cnc(C(C)(F)F)cc1N.O=CO. The topological polar surface area (TPSA) is 85.4 Å². The van der Waals surface area contributed by atoms with Crippen LogP contribution in [0.25, 0.3) is 0 Å². The molecule has 0 fully saturated rings. The van der Waals surface area contributed by atoms with E-state index in [1.54, 1.807) is 0 Å². The van der Waals surface area contributed by atoms with Crippen LogP contribution in [0.15, 0.2) is 12.3 Å². The third-order valence-corrected chi connectivity index (χ3v) is 1.57. The van der Waals surface area contributed by atoms with Crippen molar-refractivity contribution >= 4 is 12.2 Å². The summed E-state index contributed by atoms with van der Waals surface area (Å²) in [5.41, 5.74) is 5.24. The summed E-state index contributed by atoms with van der Waals surface area (Å²) >= 11 is 0. The number of carbonyl (C=O) groups is 1. The number of anilines is 1. The van der Waals surface area contributed by atoms with Gasteiger partial charge in [-0.05, 0) is 6.07 Å². The highest BCUT2D eigenvalue weighted by Gasteiger charge is 2.26. The lowest BCUT2D eigenvalue weighted by Crippen LogP contribution is -2.10. The molecule has 1 rings (SSSR count). The Balaban J connectivity index is 0.000000673. The molecule has 5 nitrogen and oxygen atoms in total. The Morgan fingerprint density at radius 1 is 1.62 bits per heavy atom. The summed E-state index contributed by atoms with van der Waals surface area (Å²) in [4.78, 5) is 11.9. The Morgan fingerprint density at radius 3 is 2.44 bits per heavy atom. The van der Waals surface area contributed by atoms with Crippen LogP contribution in [0.3, 0.4) is 0 Å². The number of hydrogen-bond acceptors (Lipinski definition) is 4. The van der Waals surface area contributed by atoms with Gasteiger partial charge in [-0.1, -0.05) is 0 Å². The maximum absolute atomic E-state index is 12.7. The van der Waals surface area contributed by atoms with Gasteiger partial charge < -0.3 is 15.6 Å². The van der Waals surface area contributed by atoms with Crippen LogP contribution < -0.4 is 10.5 Å². The van der Waals surface area contributed by atoms with Crippen LogP contribution >= 0.6 is 0 Å². The summed E-state index contributed by atoms with van der Waals surface area (Å²) in [6.45, 7) is 0.515. The van der Waals surface area contributed by atoms with Crippen LogP contribution in [-0.2, 0) is 10.7 Å². The van der Waals surface area contributed by atoms with Crippen molar-refractivity contribution in [3.8, 4) is 5.75 Å². The lowest BCUT2D eigenvalue weighted by atomic mass is 10.2. The number of carboxylic acid groups (broad SMARTS) is 1. The molecule has 0 saturated carbocycles. The average Bonchev–Trinajstić information content (AvgIpc) is 2.17. The van der Waals surface area contributed by atoms with Crippen molar-refractivity contribution in [3.05, 3.63) is 18.0 Å². The van der Waals surface area contributed by atoms with Crippen LogP contribution in [0.5, 0.6) is 5.75 Å². The van der Waals surface area contributed by atoms with Gasteiger partial charge in [0.1, 0.15) is 5.69 Å².